The number of amides is 2. The first kappa shape index (κ1) is 23.4. The average Bonchev–Trinajstić information content (AvgIpc) is 3.28. The Morgan fingerprint density at radius 3 is 2.34 bits per heavy atom. The Kier molecular flexibility index (Phi) is 7.98. The monoisotopic (exact) mass is 437 g/mol. The number of carbonyl (C=O) groups excluding carboxylic acids is 2. The van der Waals surface area contributed by atoms with E-state index in [1.807, 2.05) is 38.1 Å². The fourth-order valence-electron chi connectivity index (χ4n) is 4.36. The number of hydrogen-bond donors (Lipinski definition) is 1. The second-order valence-electron chi connectivity index (χ2n) is 8.42. The number of nitrogens with zero attached hydrogens (tertiary/aromatic N) is 2. The first-order valence-electron chi connectivity index (χ1n) is 11.3. The highest BCUT2D eigenvalue weighted by atomic mass is 16.6. The van der Waals surface area contributed by atoms with Gasteiger partial charge in [-0.05, 0) is 37.3 Å². The number of aryl methyl sites for hydroxylation is 1. The average molecular weight is 438 g/mol. The van der Waals surface area contributed by atoms with Crippen molar-refractivity contribution in [3.05, 3.63) is 75.3 Å². The molecule has 2 aromatic rings. The molecule has 0 bridgehead atoms. The van der Waals surface area contributed by atoms with Crippen molar-refractivity contribution in [3.8, 4) is 0 Å². The number of hydrogen-bond acceptors (Lipinski definition) is 4. The van der Waals surface area contributed by atoms with E-state index in [2.05, 4.69) is 5.32 Å². The van der Waals surface area contributed by atoms with Crippen molar-refractivity contribution >= 4 is 17.5 Å². The van der Waals surface area contributed by atoms with Gasteiger partial charge in [-0.2, -0.15) is 0 Å². The molecule has 0 aliphatic heterocycles. The van der Waals surface area contributed by atoms with E-state index < -0.39 is 11.0 Å². The van der Waals surface area contributed by atoms with E-state index in [1.165, 1.54) is 6.07 Å². The molecule has 0 spiro atoms. The van der Waals surface area contributed by atoms with Gasteiger partial charge < -0.3 is 10.2 Å². The summed E-state index contributed by atoms with van der Waals surface area (Å²) < 4.78 is 0. The molecule has 7 heteroatoms. The minimum absolute atomic E-state index is 0.0832. The Bertz CT molecular complexity index is 969. The molecule has 7 nitrogen and oxygen atoms in total. The predicted octanol–water partition coefficient (Wildman–Crippen LogP) is 4.31. The first-order chi connectivity index (χ1) is 15.4. The summed E-state index contributed by atoms with van der Waals surface area (Å²) in [5, 5.41) is 14.5. The fraction of sp³-hybridized carbons (Fsp3) is 0.440. The zero-order valence-corrected chi connectivity index (χ0v) is 18.8. The van der Waals surface area contributed by atoms with Crippen LogP contribution in [0, 0.1) is 17.0 Å². The van der Waals surface area contributed by atoms with Crippen LogP contribution in [0.1, 0.15) is 55.7 Å². The second-order valence-corrected chi connectivity index (χ2v) is 8.42. The molecule has 0 radical (unpaired) electrons. The van der Waals surface area contributed by atoms with Crippen molar-refractivity contribution in [2.75, 3.05) is 0 Å². The van der Waals surface area contributed by atoms with Gasteiger partial charge >= 0.3 is 0 Å². The lowest BCUT2D eigenvalue weighted by Gasteiger charge is -2.32. The maximum atomic E-state index is 13.5. The number of carbonyl (C=O) groups is 2. The molecule has 1 N–H and O–H groups in total. The highest BCUT2D eigenvalue weighted by molar-refractivity contribution is 5.89. The van der Waals surface area contributed by atoms with Gasteiger partial charge in [0, 0.05) is 24.2 Å². The maximum Gasteiger partial charge on any atom is 0.273 e. The Balaban J connectivity index is 1.88. The fourth-order valence-corrected chi connectivity index (χ4v) is 4.36. The molecular weight excluding hydrogens is 406 g/mol. The minimum atomic E-state index is -0.634. The van der Waals surface area contributed by atoms with Gasteiger partial charge in [-0.3, -0.25) is 19.7 Å². The van der Waals surface area contributed by atoms with Gasteiger partial charge in [-0.25, -0.2) is 0 Å². The van der Waals surface area contributed by atoms with Crippen LogP contribution in [0.3, 0.4) is 0 Å². The van der Waals surface area contributed by atoms with Crippen LogP contribution in [0.2, 0.25) is 0 Å². The Labute approximate surface area is 189 Å². The summed E-state index contributed by atoms with van der Waals surface area (Å²) in [5.74, 6) is -0.445. The molecule has 0 saturated heterocycles. The molecule has 2 aromatic carbocycles. The lowest BCUT2D eigenvalue weighted by Crippen LogP contribution is -2.51. The summed E-state index contributed by atoms with van der Waals surface area (Å²) in [4.78, 5) is 39.2. The van der Waals surface area contributed by atoms with Crippen LogP contribution in [0.25, 0.3) is 0 Å². The van der Waals surface area contributed by atoms with Crippen LogP contribution in [-0.2, 0) is 22.6 Å². The first-order valence-corrected chi connectivity index (χ1v) is 11.3. The number of rotatable bonds is 9. The van der Waals surface area contributed by atoms with Crippen LogP contribution in [0.15, 0.2) is 48.5 Å². The van der Waals surface area contributed by atoms with Gasteiger partial charge in [0.1, 0.15) is 6.04 Å². The molecule has 0 unspecified atom stereocenters. The van der Waals surface area contributed by atoms with Crippen LogP contribution in [0.5, 0.6) is 0 Å². The molecule has 3 rings (SSSR count). The smallest absolute Gasteiger partial charge is 0.273 e. The molecule has 1 saturated carbocycles. The standard InChI is InChI=1S/C25H31N3O4/c1-3-22(25(30)26-21-13-7-8-14-21)27(17-20-12-5-4-10-18(20)2)24(29)16-19-11-6-9-15-23(19)28(31)32/h4-6,9-12,15,21-22H,3,7-8,13-14,16-17H2,1-2H3,(H,26,30)/t22-/m0/s1. The Morgan fingerprint density at radius 2 is 1.72 bits per heavy atom. The molecular formula is C25H31N3O4. The quantitative estimate of drug-likeness (QED) is 0.467. The molecule has 1 aliphatic rings. The van der Waals surface area contributed by atoms with Gasteiger partial charge in [0.2, 0.25) is 11.8 Å². The summed E-state index contributed by atoms with van der Waals surface area (Å²) in [6, 6.07) is 13.6. The molecule has 32 heavy (non-hydrogen) atoms. The largest absolute Gasteiger partial charge is 0.352 e. The summed E-state index contributed by atoms with van der Waals surface area (Å²) in [5.41, 5.74) is 2.25. The van der Waals surface area contributed by atoms with E-state index in [0.29, 0.717) is 12.0 Å². The summed E-state index contributed by atoms with van der Waals surface area (Å²) >= 11 is 0. The lowest BCUT2D eigenvalue weighted by molar-refractivity contribution is -0.385. The van der Waals surface area contributed by atoms with Gasteiger partial charge in [0.15, 0.2) is 0 Å². The second kappa shape index (κ2) is 10.9. The Morgan fingerprint density at radius 1 is 1.09 bits per heavy atom. The van der Waals surface area contributed by atoms with Gasteiger partial charge in [-0.15, -0.1) is 0 Å². The van der Waals surface area contributed by atoms with Crippen molar-refractivity contribution in [1.29, 1.82) is 0 Å². The molecule has 170 valence electrons. The SMILES string of the molecule is CC[C@@H](C(=O)NC1CCCC1)N(Cc1ccccc1C)C(=O)Cc1ccccc1[N+](=O)[O-]. The normalized spacial score (nSPS) is 14.7. The minimum Gasteiger partial charge on any atom is -0.352 e. The number of para-hydroxylation sites is 1. The summed E-state index contributed by atoms with van der Waals surface area (Å²) in [6.07, 6.45) is 4.47. The molecule has 0 aromatic heterocycles. The third-order valence-corrected chi connectivity index (χ3v) is 6.22. The van der Waals surface area contributed by atoms with E-state index in [4.69, 9.17) is 0 Å². The topological polar surface area (TPSA) is 92.6 Å². The van der Waals surface area contributed by atoms with E-state index in [1.54, 1.807) is 23.1 Å². The zero-order valence-electron chi connectivity index (χ0n) is 18.8. The third-order valence-electron chi connectivity index (χ3n) is 6.22. The van der Waals surface area contributed by atoms with Gasteiger partial charge in [0.05, 0.1) is 11.3 Å². The van der Waals surface area contributed by atoms with Gasteiger partial charge in [-0.1, -0.05) is 62.2 Å². The van der Waals surface area contributed by atoms with E-state index in [-0.39, 0.29) is 36.5 Å². The number of nitro benzene ring substituents is 1. The zero-order chi connectivity index (χ0) is 23.1. The number of benzene rings is 2. The van der Waals surface area contributed by atoms with Crippen LogP contribution in [-0.4, -0.2) is 33.7 Å². The molecule has 1 atom stereocenters. The van der Waals surface area contributed by atoms with Crippen molar-refractivity contribution in [3.63, 3.8) is 0 Å². The highest BCUT2D eigenvalue weighted by Gasteiger charge is 2.31. The molecule has 1 aliphatic carbocycles. The van der Waals surface area contributed by atoms with Crippen molar-refractivity contribution in [2.45, 2.75) is 71.0 Å². The number of nitro groups is 1. The summed E-state index contributed by atoms with van der Waals surface area (Å²) in [6.45, 7) is 4.14. The van der Waals surface area contributed by atoms with Gasteiger partial charge in [0.25, 0.3) is 5.69 Å². The number of nitrogens with one attached hydrogen (secondary N) is 1. The van der Waals surface area contributed by atoms with E-state index >= 15 is 0 Å². The van der Waals surface area contributed by atoms with Crippen LogP contribution < -0.4 is 5.32 Å². The van der Waals surface area contributed by atoms with E-state index in [0.717, 1.165) is 36.8 Å². The third kappa shape index (κ3) is 5.72. The highest BCUT2D eigenvalue weighted by Crippen LogP contribution is 2.23. The summed E-state index contributed by atoms with van der Waals surface area (Å²) in [7, 11) is 0. The van der Waals surface area contributed by atoms with Crippen molar-refractivity contribution in [1.82, 2.24) is 10.2 Å². The predicted molar refractivity (Wildman–Crippen MR) is 123 cm³/mol. The lowest BCUT2D eigenvalue weighted by atomic mass is 10.0. The Hall–Kier alpha value is -3.22. The maximum absolute atomic E-state index is 13.5. The molecule has 1 fully saturated rings. The van der Waals surface area contributed by atoms with Crippen LogP contribution in [0.4, 0.5) is 5.69 Å². The molecule has 2 amide bonds. The van der Waals surface area contributed by atoms with Crippen molar-refractivity contribution < 1.29 is 14.5 Å². The van der Waals surface area contributed by atoms with E-state index in [9.17, 15) is 19.7 Å². The van der Waals surface area contributed by atoms with Crippen molar-refractivity contribution in [2.24, 2.45) is 0 Å². The van der Waals surface area contributed by atoms with Crippen LogP contribution >= 0.6 is 0 Å². The molecule has 0 heterocycles.